The van der Waals surface area contributed by atoms with Crippen molar-refractivity contribution in [1.29, 1.82) is 0 Å². The van der Waals surface area contributed by atoms with Crippen LogP contribution < -0.4 is 11.1 Å². The number of halogens is 1. The lowest BCUT2D eigenvalue weighted by Crippen LogP contribution is -2.21. The molecule has 106 valence electrons. The number of carbonyl (C=O) groups is 1. The standard InChI is InChI=1S/C13H19FN2O2S/c1-9(19(2)18)5-6-16-8-11-4-3-10(13(15)17)7-12(11)14/h3-4,7,9,16H,5-6,8H2,1-2H3,(H2,15,17). The van der Waals surface area contributed by atoms with Crippen molar-refractivity contribution < 1.29 is 13.4 Å². The van der Waals surface area contributed by atoms with Crippen LogP contribution in [-0.4, -0.2) is 28.2 Å². The second-order valence-corrected chi connectivity index (χ2v) is 6.25. The summed E-state index contributed by atoms with van der Waals surface area (Å²) in [7, 11) is -0.836. The SMILES string of the molecule is CC(CCNCc1ccc(C(N)=O)cc1F)S(C)=O. The third-order valence-electron chi connectivity index (χ3n) is 2.95. The Morgan fingerprint density at radius 2 is 2.21 bits per heavy atom. The third kappa shape index (κ3) is 5.08. The molecule has 0 radical (unpaired) electrons. The first-order valence-corrected chi connectivity index (χ1v) is 7.65. The van der Waals surface area contributed by atoms with Gasteiger partial charge in [0.2, 0.25) is 5.91 Å². The molecule has 2 unspecified atom stereocenters. The molecule has 0 aromatic heterocycles. The van der Waals surface area contributed by atoms with E-state index < -0.39 is 22.5 Å². The minimum atomic E-state index is -0.836. The van der Waals surface area contributed by atoms with Crippen molar-refractivity contribution in [2.75, 3.05) is 12.8 Å². The van der Waals surface area contributed by atoms with Crippen LogP contribution in [0.15, 0.2) is 18.2 Å². The maximum atomic E-state index is 13.6. The van der Waals surface area contributed by atoms with Crippen LogP contribution in [0.3, 0.4) is 0 Å². The lowest BCUT2D eigenvalue weighted by atomic mass is 10.1. The summed E-state index contributed by atoms with van der Waals surface area (Å²) in [5, 5.41) is 3.21. The molecule has 2 atom stereocenters. The van der Waals surface area contributed by atoms with Gasteiger partial charge < -0.3 is 11.1 Å². The second-order valence-electron chi connectivity index (χ2n) is 4.45. The predicted octanol–water partition coefficient (Wildman–Crippen LogP) is 1.17. The van der Waals surface area contributed by atoms with Gasteiger partial charge in [0.1, 0.15) is 5.82 Å². The van der Waals surface area contributed by atoms with E-state index in [1.54, 1.807) is 12.3 Å². The van der Waals surface area contributed by atoms with E-state index in [2.05, 4.69) is 5.32 Å². The van der Waals surface area contributed by atoms with Crippen LogP contribution in [0.25, 0.3) is 0 Å². The van der Waals surface area contributed by atoms with Crippen molar-refractivity contribution >= 4 is 16.7 Å². The van der Waals surface area contributed by atoms with Crippen LogP contribution in [0.4, 0.5) is 4.39 Å². The van der Waals surface area contributed by atoms with Gasteiger partial charge in [-0.2, -0.15) is 0 Å². The first-order valence-electron chi connectivity index (χ1n) is 6.03. The van der Waals surface area contributed by atoms with Crippen molar-refractivity contribution in [2.45, 2.75) is 25.1 Å². The van der Waals surface area contributed by atoms with Gasteiger partial charge in [-0.25, -0.2) is 4.39 Å². The van der Waals surface area contributed by atoms with E-state index in [-0.39, 0.29) is 10.8 Å². The third-order valence-corrected chi connectivity index (χ3v) is 4.32. The molecule has 0 aliphatic carbocycles. The zero-order valence-electron chi connectivity index (χ0n) is 11.1. The van der Waals surface area contributed by atoms with Gasteiger partial charge in [-0.1, -0.05) is 13.0 Å². The minimum absolute atomic E-state index is 0.120. The highest BCUT2D eigenvalue weighted by Gasteiger charge is 2.08. The fourth-order valence-electron chi connectivity index (χ4n) is 1.54. The number of hydrogen-bond acceptors (Lipinski definition) is 3. The van der Waals surface area contributed by atoms with Crippen molar-refractivity contribution in [2.24, 2.45) is 5.73 Å². The molecule has 1 aromatic rings. The van der Waals surface area contributed by atoms with Crippen molar-refractivity contribution in [3.63, 3.8) is 0 Å². The Balaban J connectivity index is 2.46. The maximum absolute atomic E-state index is 13.6. The van der Waals surface area contributed by atoms with E-state index in [0.717, 1.165) is 12.5 Å². The van der Waals surface area contributed by atoms with Crippen LogP contribution in [0.2, 0.25) is 0 Å². The summed E-state index contributed by atoms with van der Waals surface area (Å²) in [6.07, 6.45) is 2.44. The largest absolute Gasteiger partial charge is 0.366 e. The summed E-state index contributed by atoms with van der Waals surface area (Å²) < 4.78 is 24.8. The Morgan fingerprint density at radius 3 is 2.74 bits per heavy atom. The number of benzene rings is 1. The van der Waals surface area contributed by atoms with Gasteiger partial charge in [0.05, 0.1) is 0 Å². The molecule has 0 bridgehead atoms. The predicted molar refractivity (Wildman–Crippen MR) is 74.8 cm³/mol. The molecule has 3 N–H and O–H groups in total. The van der Waals surface area contributed by atoms with E-state index in [1.807, 2.05) is 6.92 Å². The molecule has 0 aliphatic rings. The molecule has 0 saturated heterocycles. The molecule has 19 heavy (non-hydrogen) atoms. The molecular formula is C13H19FN2O2S. The van der Waals surface area contributed by atoms with Crippen LogP contribution in [-0.2, 0) is 17.3 Å². The summed E-state index contributed by atoms with van der Waals surface area (Å²) in [6, 6.07) is 4.19. The van der Waals surface area contributed by atoms with E-state index in [1.165, 1.54) is 6.07 Å². The smallest absolute Gasteiger partial charge is 0.248 e. The Bertz CT molecular complexity index is 480. The molecule has 0 heterocycles. The average molecular weight is 286 g/mol. The first-order chi connectivity index (χ1) is 8.91. The Kier molecular flexibility index (Phi) is 6.11. The first kappa shape index (κ1) is 15.8. The van der Waals surface area contributed by atoms with Gasteiger partial charge in [0, 0.05) is 40.0 Å². The molecular weight excluding hydrogens is 267 g/mol. The highest BCUT2D eigenvalue weighted by atomic mass is 32.2. The van der Waals surface area contributed by atoms with E-state index in [4.69, 9.17) is 5.73 Å². The van der Waals surface area contributed by atoms with Crippen molar-refractivity contribution in [3.8, 4) is 0 Å². The van der Waals surface area contributed by atoms with Crippen molar-refractivity contribution in [3.05, 3.63) is 35.1 Å². The summed E-state index contributed by atoms with van der Waals surface area (Å²) in [5.41, 5.74) is 5.71. The van der Waals surface area contributed by atoms with E-state index in [9.17, 15) is 13.4 Å². The van der Waals surface area contributed by atoms with Gasteiger partial charge >= 0.3 is 0 Å². The minimum Gasteiger partial charge on any atom is -0.366 e. The highest BCUT2D eigenvalue weighted by Crippen LogP contribution is 2.10. The fraction of sp³-hybridized carbons (Fsp3) is 0.462. The second kappa shape index (κ2) is 7.35. The zero-order chi connectivity index (χ0) is 14.4. The molecule has 4 nitrogen and oxygen atoms in total. The number of nitrogens with two attached hydrogens (primary N) is 1. The molecule has 0 saturated carbocycles. The maximum Gasteiger partial charge on any atom is 0.248 e. The molecule has 0 fully saturated rings. The Labute approximate surface area is 115 Å². The van der Waals surface area contributed by atoms with Gasteiger partial charge in [-0.05, 0) is 25.1 Å². The van der Waals surface area contributed by atoms with E-state index in [0.29, 0.717) is 18.7 Å². The van der Waals surface area contributed by atoms with Crippen LogP contribution in [0, 0.1) is 5.82 Å². The van der Waals surface area contributed by atoms with Crippen molar-refractivity contribution in [1.82, 2.24) is 5.32 Å². The summed E-state index contributed by atoms with van der Waals surface area (Å²) in [6.45, 7) is 2.95. The monoisotopic (exact) mass is 286 g/mol. The zero-order valence-corrected chi connectivity index (χ0v) is 11.9. The van der Waals surface area contributed by atoms with Crippen LogP contribution in [0.5, 0.6) is 0 Å². The lowest BCUT2D eigenvalue weighted by Gasteiger charge is -2.10. The molecule has 1 amide bonds. The summed E-state index contributed by atoms with van der Waals surface area (Å²) >= 11 is 0. The number of hydrogen-bond donors (Lipinski definition) is 2. The molecule has 6 heteroatoms. The lowest BCUT2D eigenvalue weighted by molar-refractivity contribution is 0.1000. The normalized spacial score (nSPS) is 14.1. The van der Waals surface area contributed by atoms with Gasteiger partial charge in [0.25, 0.3) is 0 Å². The molecule has 0 spiro atoms. The highest BCUT2D eigenvalue weighted by molar-refractivity contribution is 7.84. The number of rotatable bonds is 7. The average Bonchev–Trinajstić information content (AvgIpc) is 2.35. The van der Waals surface area contributed by atoms with Crippen LogP contribution in [0.1, 0.15) is 29.3 Å². The number of carbonyl (C=O) groups excluding carboxylic acids is 1. The molecule has 0 aliphatic heterocycles. The molecule has 1 rings (SSSR count). The van der Waals surface area contributed by atoms with Gasteiger partial charge in [-0.15, -0.1) is 0 Å². The topological polar surface area (TPSA) is 72.2 Å². The van der Waals surface area contributed by atoms with Crippen LogP contribution >= 0.6 is 0 Å². The number of nitrogens with one attached hydrogen (secondary N) is 1. The number of amides is 1. The Morgan fingerprint density at radius 1 is 1.53 bits per heavy atom. The quantitative estimate of drug-likeness (QED) is 0.739. The fourth-order valence-corrected chi connectivity index (χ4v) is 1.99. The summed E-state index contributed by atoms with van der Waals surface area (Å²) in [4.78, 5) is 10.9. The summed E-state index contributed by atoms with van der Waals surface area (Å²) in [5.74, 6) is -1.09. The van der Waals surface area contributed by atoms with E-state index >= 15 is 0 Å². The van der Waals surface area contributed by atoms with Gasteiger partial charge in [0.15, 0.2) is 0 Å². The number of primary amides is 1. The van der Waals surface area contributed by atoms with Gasteiger partial charge in [-0.3, -0.25) is 9.00 Å². The molecule has 1 aromatic carbocycles. The Hall–Kier alpha value is -1.27.